The number of fused-ring (bicyclic) bond motifs is 2. The Balaban J connectivity index is 1.40. The van der Waals surface area contributed by atoms with Gasteiger partial charge in [-0.2, -0.15) is 9.87 Å². The molecule has 184 valence electrons. The standard InChI is InChI=1S/C26H31N5O4/c1-4-33-25(32)18-9-11-31(12-10-18)26-28-22-8-7-20(30(2)3)14-21(22)24(29-26)27-15-17-5-6-19-16-34-35-23(19)13-17/h5-8,13-14,18H,4,9-12,15-16H2,1-3H3,(H,27,28,29). The summed E-state index contributed by atoms with van der Waals surface area (Å²) in [7, 11) is 4.04. The Morgan fingerprint density at radius 1 is 1.17 bits per heavy atom. The number of anilines is 3. The van der Waals surface area contributed by atoms with Gasteiger partial charge in [-0.15, -0.1) is 0 Å². The summed E-state index contributed by atoms with van der Waals surface area (Å²) in [4.78, 5) is 36.5. The fourth-order valence-electron chi connectivity index (χ4n) is 4.48. The second kappa shape index (κ2) is 9.95. The highest BCUT2D eigenvalue weighted by Gasteiger charge is 2.27. The molecule has 3 heterocycles. The third kappa shape index (κ3) is 4.95. The monoisotopic (exact) mass is 477 g/mol. The van der Waals surface area contributed by atoms with Crippen molar-refractivity contribution < 1.29 is 19.3 Å². The molecule has 1 N–H and O–H groups in total. The second-order valence-electron chi connectivity index (χ2n) is 9.12. The SMILES string of the molecule is CCOC(=O)C1CCN(c2nc(NCc3ccc4c(c3)OOC4)c3cc(N(C)C)ccc3n2)CC1. The van der Waals surface area contributed by atoms with Crippen molar-refractivity contribution in [2.45, 2.75) is 32.9 Å². The van der Waals surface area contributed by atoms with Gasteiger partial charge in [-0.25, -0.2) is 4.98 Å². The highest BCUT2D eigenvalue weighted by molar-refractivity contribution is 5.92. The summed E-state index contributed by atoms with van der Waals surface area (Å²) in [5.41, 5.74) is 4.07. The molecule has 5 rings (SSSR count). The Bertz CT molecular complexity index is 1220. The molecule has 2 aliphatic heterocycles. The molecule has 0 atom stereocenters. The number of esters is 1. The van der Waals surface area contributed by atoms with Crippen LogP contribution in [0.1, 0.15) is 30.9 Å². The summed E-state index contributed by atoms with van der Waals surface area (Å²) in [6, 6.07) is 12.3. The summed E-state index contributed by atoms with van der Waals surface area (Å²) in [5.74, 6) is 2.05. The van der Waals surface area contributed by atoms with Gasteiger partial charge in [0.2, 0.25) is 5.95 Å². The Kier molecular flexibility index (Phi) is 6.59. The first-order valence-electron chi connectivity index (χ1n) is 12.1. The number of piperidine rings is 1. The topological polar surface area (TPSA) is 89.0 Å². The van der Waals surface area contributed by atoms with Crippen LogP contribution in [0.4, 0.5) is 17.5 Å². The molecule has 0 amide bonds. The third-order valence-electron chi connectivity index (χ3n) is 6.54. The molecule has 0 unspecified atom stereocenters. The molecule has 0 saturated carbocycles. The molecule has 1 saturated heterocycles. The predicted octanol–water partition coefficient (Wildman–Crippen LogP) is 3.91. The Morgan fingerprint density at radius 3 is 2.77 bits per heavy atom. The van der Waals surface area contributed by atoms with Gasteiger partial charge in [0.05, 0.1) is 18.0 Å². The second-order valence-corrected chi connectivity index (χ2v) is 9.12. The van der Waals surface area contributed by atoms with Crippen LogP contribution in [0, 0.1) is 5.92 Å². The number of carbonyl (C=O) groups excluding carboxylic acids is 1. The highest BCUT2D eigenvalue weighted by Crippen LogP contribution is 2.31. The summed E-state index contributed by atoms with van der Waals surface area (Å²) in [6.07, 6.45) is 1.47. The average Bonchev–Trinajstić information content (AvgIpc) is 3.35. The van der Waals surface area contributed by atoms with Gasteiger partial charge in [0.15, 0.2) is 5.75 Å². The van der Waals surface area contributed by atoms with Crippen LogP contribution in [0.25, 0.3) is 10.9 Å². The lowest BCUT2D eigenvalue weighted by molar-refractivity contribution is -0.194. The largest absolute Gasteiger partial charge is 0.466 e. The summed E-state index contributed by atoms with van der Waals surface area (Å²) in [5, 5.41) is 4.48. The van der Waals surface area contributed by atoms with Crippen molar-refractivity contribution in [1.82, 2.24) is 9.97 Å². The van der Waals surface area contributed by atoms with E-state index in [1.54, 1.807) is 0 Å². The number of aromatic nitrogens is 2. The molecule has 2 aromatic carbocycles. The van der Waals surface area contributed by atoms with E-state index in [0.29, 0.717) is 38.8 Å². The number of nitrogens with one attached hydrogen (secondary N) is 1. The fraction of sp³-hybridized carbons (Fsp3) is 0.423. The molecule has 0 aliphatic carbocycles. The number of ether oxygens (including phenoxy) is 1. The molecule has 1 aromatic heterocycles. The van der Waals surface area contributed by atoms with Crippen LogP contribution in [0.5, 0.6) is 5.75 Å². The molecule has 35 heavy (non-hydrogen) atoms. The van der Waals surface area contributed by atoms with Gasteiger partial charge >= 0.3 is 5.97 Å². The maximum absolute atomic E-state index is 12.1. The maximum atomic E-state index is 12.1. The van der Waals surface area contributed by atoms with Crippen molar-refractivity contribution in [2.75, 3.05) is 48.9 Å². The third-order valence-corrected chi connectivity index (χ3v) is 6.54. The molecule has 0 spiro atoms. The lowest BCUT2D eigenvalue weighted by Crippen LogP contribution is -2.38. The maximum Gasteiger partial charge on any atom is 0.309 e. The lowest BCUT2D eigenvalue weighted by atomic mass is 9.97. The lowest BCUT2D eigenvalue weighted by Gasteiger charge is -2.31. The number of rotatable bonds is 7. The van der Waals surface area contributed by atoms with Crippen LogP contribution in [0.2, 0.25) is 0 Å². The number of carbonyl (C=O) groups is 1. The van der Waals surface area contributed by atoms with Crippen LogP contribution in [-0.4, -0.2) is 49.7 Å². The van der Waals surface area contributed by atoms with Crippen molar-refractivity contribution in [2.24, 2.45) is 5.92 Å². The summed E-state index contributed by atoms with van der Waals surface area (Å²) >= 11 is 0. The first-order valence-corrected chi connectivity index (χ1v) is 12.1. The van der Waals surface area contributed by atoms with Gasteiger partial charge in [0.1, 0.15) is 12.4 Å². The van der Waals surface area contributed by atoms with E-state index in [1.807, 2.05) is 39.2 Å². The zero-order chi connectivity index (χ0) is 24.4. The van der Waals surface area contributed by atoms with Crippen LogP contribution >= 0.6 is 0 Å². The first-order chi connectivity index (χ1) is 17.0. The predicted molar refractivity (Wildman–Crippen MR) is 135 cm³/mol. The van der Waals surface area contributed by atoms with Gasteiger partial charge in [0, 0.05) is 50.4 Å². The number of nitrogens with zero attached hydrogens (tertiary/aromatic N) is 4. The average molecular weight is 478 g/mol. The van der Waals surface area contributed by atoms with Crippen molar-refractivity contribution >= 4 is 34.3 Å². The molecule has 0 bridgehead atoms. The number of benzene rings is 2. The van der Waals surface area contributed by atoms with E-state index < -0.39 is 0 Å². The van der Waals surface area contributed by atoms with E-state index >= 15 is 0 Å². The van der Waals surface area contributed by atoms with Crippen molar-refractivity contribution in [3.63, 3.8) is 0 Å². The molecular formula is C26H31N5O4. The molecule has 0 radical (unpaired) electrons. The van der Waals surface area contributed by atoms with Crippen LogP contribution in [0.3, 0.4) is 0 Å². The van der Waals surface area contributed by atoms with Crippen molar-refractivity contribution in [3.05, 3.63) is 47.5 Å². The first kappa shape index (κ1) is 23.2. The van der Waals surface area contributed by atoms with Gasteiger partial charge < -0.3 is 24.7 Å². The van der Waals surface area contributed by atoms with Crippen molar-refractivity contribution in [3.8, 4) is 5.75 Å². The van der Waals surface area contributed by atoms with Crippen LogP contribution < -0.4 is 20.0 Å². The van der Waals surface area contributed by atoms with Gasteiger partial charge in [0.25, 0.3) is 0 Å². The smallest absolute Gasteiger partial charge is 0.309 e. The fourth-order valence-corrected chi connectivity index (χ4v) is 4.48. The Morgan fingerprint density at radius 2 is 2.00 bits per heavy atom. The normalized spacial score (nSPS) is 15.6. The molecule has 3 aromatic rings. The molecular weight excluding hydrogens is 446 g/mol. The van der Waals surface area contributed by atoms with Gasteiger partial charge in [-0.1, -0.05) is 12.1 Å². The molecule has 1 fully saturated rings. The van der Waals surface area contributed by atoms with E-state index in [2.05, 4.69) is 33.3 Å². The molecule has 2 aliphatic rings. The van der Waals surface area contributed by atoms with E-state index in [1.165, 1.54) is 0 Å². The van der Waals surface area contributed by atoms with Crippen LogP contribution in [-0.2, 0) is 27.6 Å². The Labute approximate surface area is 204 Å². The van der Waals surface area contributed by atoms with E-state index in [-0.39, 0.29) is 11.9 Å². The van der Waals surface area contributed by atoms with Gasteiger partial charge in [-0.05, 0) is 49.6 Å². The number of hydrogen-bond acceptors (Lipinski definition) is 9. The minimum Gasteiger partial charge on any atom is -0.466 e. The zero-order valence-corrected chi connectivity index (χ0v) is 20.4. The van der Waals surface area contributed by atoms with Crippen LogP contribution in [0.15, 0.2) is 36.4 Å². The molecule has 9 nitrogen and oxygen atoms in total. The highest BCUT2D eigenvalue weighted by atomic mass is 17.2. The van der Waals surface area contributed by atoms with E-state index in [0.717, 1.165) is 52.1 Å². The minimum atomic E-state index is -0.103. The minimum absolute atomic E-state index is 0.0575. The summed E-state index contributed by atoms with van der Waals surface area (Å²) in [6.45, 7) is 4.75. The summed E-state index contributed by atoms with van der Waals surface area (Å²) < 4.78 is 5.21. The Hall–Kier alpha value is -3.59. The van der Waals surface area contributed by atoms with E-state index in [9.17, 15) is 4.79 Å². The molecule has 9 heteroatoms. The van der Waals surface area contributed by atoms with Gasteiger partial charge in [-0.3, -0.25) is 4.79 Å². The van der Waals surface area contributed by atoms with E-state index in [4.69, 9.17) is 24.5 Å². The number of hydrogen-bond donors (Lipinski definition) is 1. The van der Waals surface area contributed by atoms with Crippen molar-refractivity contribution in [1.29, 1.82) is 0 Å². The quantitative estimate of drug-likeness (QED) is 0.402. The zero-order valence-electron chi connectivity index (χ0n) is 20.4.